The molecule has 0 bridgehead atoms. The van der Waals surface area contributed by atoms with Crippen molar-refractivity contribution in [2.45, 2.75) is 20.3 Å². The molecule has 0 heterocycles. The molecule has 1 aromatic carbocycles. The standard InChI is InChI=1S/C11H12N2O/c1-8-4-3-5-9(2)11(8)13-10(14)6-7-12/h3-5H,6H2,1-2H3,(H,13,14). The molecule has 0 fully saturated rings. The number of aryl methyl sites for hydroxylation is 2. The van der Waals surface area contributed by atoms with Crippen LogP contribution in [0.5, 0.6) is 0 Å². The number of benzene rings is 1. The van der Waals surface area contributed by atoms with E-state index in [1.807, 2.05) is 38.1 Å². The van der Waals surface area contributed by atoms with Crippen LogP contribution in [0.25, 0.3) is 0 Å². The summed E-state index contributed by atoms with van der Waals surface area (Å²) in [6.45, 7) is 3.85. The number of amides is 1. The van der Waals surface area contributed by atoms with Gasteiger partial charge in [0.15, 0.2) is 0 Å². The van der Waals surface area contributed by atoms with Crippen molar-refractivity contribution in [3.63, 3.8) is 0 Å². The molecule has 0 aliphatic rings. The first-order chi connectivity index (χ1) is 6.65. The molecule has 0 radical (unpaired) electrons. The zero-order valence-corrected chi connectivity index (χ0v) is 8.29. The second-order valence-electron chi connectivity index (χ2n) is 3.15. The first-order valence-corrected chi connectivity index (χ1v) is 4.38. The molecule has 14 heavy (non-hydrogen) atoms. The minimum Gasteiger partial charge on any atom is -0.325 e. The van der Waals surface area contributed by atoms with Gasteiger partial charge < -0.3 is 5.32 Å². The maximum Gasteiger partial charge on any atom is 0.238 e. The van der Waals surface area contributed by atoms with E-state index in [4.69, 9.17) is 5.26 Å². The fourth-order valence-electron chi connectivity index (χ4n) is 1.27. The molecule has 0 unspecified atom stereocenters. The summed E-state index contributed by atoms with van der Waals surface area (Å²) in [6.07, 6.45) is -0.103. The van der Waals surface area contributed by atoms with Gasteiger partial charge in [-0.1, -0.05) is 18.2 Å². The largest absolute Gasteiger partial charge is 0.325 e. The Morgan fingerprint density at radius 2 is 2.00 bits per heavy atom. The Kier molecular flexibility index (Phi) is 3.24. The van der Waals surface area contributed by atoms with E-state index in [9.17, 15) is 4.79 Å². The van der Waals surface area contributed by atoms with E-state index in [0.717, 1.165) is 16.8 Å². The lowest BCUT2D eigenvalue weighted by Crippen LogP contribution is -2.12. The SMILES string of the molecule is Cc1cccc(C)c1NC(=O)CC#N. The van der Waals surface area contributed by atoms with Crippen molar-refractivity contribution in [1.82, 2.24) is 0 Å². The van der Waals surface area contributed by atoms with Gasteiger partial charge in [-0.05, 0) is 25.0 Å². The second kappa shape index (κ2) is 4.43. The Bertz CT molecular complexity index is 371. The third-order valence-electron chi connectivity index (χ3n) is 1.99. The molecule has 3 nitrogen and oxygen atoms in total. The van der Waals surface area contributed by atoms with Gasteiger partial charge in [0.2, 0.25) is 5.91 Å². The summed E-state index contributed by atoms with van der Waals surface area (Å²) in [4.78, 5) is 11.2. The Labute approximate surface area is 83.4 Å². The third-order valence-corrected chi connectivity index (χ3v) is 1.99. The predicted molar refractivity (Wildman–Crippen MR) is 54.8 cm³/mol. The van der Waals surface area contributed by atoms with Gasteiger partial charge in [-0.2, -0.15) is 5.26 Å². The van der Waals surface area contributed by atoms with Gasteiger partial charge in [0.05, 0.1) is 6.07 Å². The van der Waals surface area contributed by atoms with Crippen LogP contribution in [0.3, 0.4) is 0 Å². The van der Waals surface area contributed by atoms with Crippen molar-refractivity contribution in [3.8, 4) is 6.07 Å². The highest BCUT2D eigenvalue weighted by Gasteiger charge is 2.05. The van der Waals surface area contributed by atoms with Gasteiger partial charge in [0, 0.05) is 5.69 Å². The molecule has 0 saturated heterocycles. The molecule has 3 heteroatoms. The quantitative estimate of drug-likeness (QED) is 0.773. The van der Waals surface area contributed by atoms with Gasteiger partial charge in [0.1, 0.15) is 6.42 Å². The maximum atomic E-state index is 11.2. The number of hydrogen-bond donors (Lipinski definition) is 1. The van der Waals surface area contributed by atoms with Crippen molar-refractivity contribution >= 4 is 11.6 Å². The zero-order valence-electron chi connectivity index (χ0n) is 8.29. The van der Waals surface area contributed by atoms with E-state index in [2.05, 4.69) is 5.32 Å². The molecule has 0 saturated carbocycles. The normalized spacial score (nSPS) is 9.21. The molecule has 0 aliphatic heterocycles. The number of anilines is 1. The van der Waals surface area contributed by atoms with E-state index >= 15 is 0 Å². The van der Waals surface area contributed by atoms with Crippen molar-refractivity contribution in [3.05, 3.63) is 29.3 Å². The van der Waals surface area contributed by atoms with Crippen LogP contribution < -0.4 is 5.32 Å². The van der Waals surface area contributed by atoms with E-state index in [1.54, 1.807) is 0 Å². The Balaban J connectivity index is 2.87. The smallest absolute Gasteiger partial charge is 0.238 e. The van der Waals surface area contributed by atoms with E-state index in [-0.39, 0.29) is 12.3 Å². The van der Waals surface area contributed by atoms with Crippen LogP contribution in [0.4, 0.5) is 5.69 Å². The molecule has 0 spiro atoms. The van der Waals surface area contributed by atoms with Crippen molar-refractivity contribution in [2.75, 3.05) is 5.32 Å². The monoisotopic (exact) mass is 188 g/mol. The van der Waals surface area contributed by atoms with Crippen molar-refractivity contribution < 1.29 is 4.79 Å². The highest BCUT2D eigenvalue weighted by atomic mass is 16.1. The molecule has 72 valence electrons. The summed E-state index contributed by atoms with van der Waals surface area (Å²) in [6, 6.07) is 7.60. The Morgan fingerprint density at radius 1 is 1.43 bits per heavy atom. The lowest BCUT2D eigenvalue weighted by atomic mass is 10.1. The highest BCUT2D eigenvalue weighted by Crippen LogP contribution is 2.19. The fraction of sp³-hybridized carbons (Fsp3) is 0.273. The number of nitrogens with one attached hydrogen (secondary N) is 1. The minimum absolute atomic E-state index is 0.103. The number of carbonyl (C=O) groups excluding carboxylic acids is 1. The predicted octanol–water partition coefficient (Wildman–Crippen LogP) is 2.16. The van der Waals surface area contributed by atoms with Gasteiger partial charge in [-0.25, -0.2) is 0 Å². The van der Waals surface area contributed by atoms with Crippen LogP contribution >= 0.6 is 0 Å². The molecule has 0 aromatic heterocycles. The second-order valence-corrected chi connectivity index (χ2v) is 3.15. The minimum atomic E-state index is -0.259. The molecule has 1 N–H and O–H groups in total. The first kappa shape index (κ1) is 10.3. The van der Waals surface area contributed by atoms with Crippen molar-refractivity contribution in [1.29, 1.82) is 5.26 Å². The van der Waals surface area contributed by atoms with Crippen LogP contribution in [0.15, 0.2) is 18.2 Å². The van der Waals surface area contributed by atoms with E-state index < -0.39 is 0 Å². The topological polar surface area (TPSA) is 52.9 Å². The maximum absolute atomic E-state index is 11.2. The number of carbonyl (C=O) groups is 1. The molecular weight excluding hydrogens is 176 g/mol. The van der Waals surface area contributed by atoms with Crippen molar-refractivity contribution in [2.24, 2.45) is 0 Å². The number of hydrogen-bond acceptors (Lipinski definition) is 2. The lowest BCUT2D eigenvalue weighted by molar-refractivity contribution is -0.115. The van der Waals surface area contributed by atoms with Crippen LogP contribution in [0.1, 0.15) is 17.5 Å². The van der Waals surface area contributed by atoms with E-state index in [1.165, 1.54) is 0 Å². The summed E-state index contributed by atoms with van der Waals surface area (Å²) in [7, 11) is 0. The number of para-hydroxylation sites is 1. The van der Waals surface area contributed by atoms with Gasteiger partial charge in [0.25, 0.3) is 0 Å². The number of rotatable bonds is 2. The highest BCUT2D eigenvalue weighted by molar-refractivity contribution is 5.93. The lowest BCUT2D eigenvalue weighted by Gasteiger charge is -2.09. The summed E-state index contributed by atoms with van der Waals surface area (Å²) in [5.74, 6) is -0.259. The zero-order chi connectivity index (χ0) is 10.6. The molecule has 0 aliphatic carbocycles. The van der Waals surface area contributed by atoms with Gasteiger partial charge in [-0.15, -0.1) is 0 Å². The first-order valence-electron chi connectivity index (χ1n) is 4.38. The fourth-order valence-corrected chi connectivity index (χ4v) is 1.27. The molecule has 1 aromatic rings. The molecule has 0 atom stereocenters. The van der Waals surface area contributed by atoms with Gasteiger partial charge >= 0.3 is 0 Å². The number of nitrogens with zero attached hydrogens (tertiary/aromatic N) is 1. The molecule has 1 rings (SSSR count). The Morgan fingerprint density at radius 3 is 2.50 bits per heavy atom. The van der Waals surface area contributed by atoms with Crippen LogP contribution in [0, 0.1) is 25.2 Å². The van der Waals surface area contributed by atoms with E-state index in [0.29, 0.717) is 0 Å². The van der Waals surface area contributed by atoms with Crippen LogP contribution in [-0.4, -0.2) is 5.91 Å². The average molecular weight is 188 g/mol. The summed E-state index contributed by atoms with van der Waals surface area (Å²) in [5, 5.41) is 11.1. The third kappa shape index (κ3) is 2.33. The Hall–Kier alpha value is -1.82. The van der Waals surface area contributed by atoms with Gasteiger partial charge in [-0.3, -0.25) is 4.79 Å². The molecular formula is C11H12N2O. The summed E-state index contributed by atoms with van der Waals surface area (Å²) < 4.78 is 0. The molecule has 1 amide bonds. The summed E-state index contributed by atoms with van der Waals surface area (Å²) in [5.41, 5.74) is 2.83. The van der Waals surface area contributed by atoms with Crippen LogP contribution in [0.2, 0.25) is 0 Å². The number of nitriles is 1. The average Bonchev–Trinajstić information content (AvgIpc) is 2.12. The summed E-state index contributed by atoms with van der Waals surface area (Å²) >= 11 is 0. The van der Waals surface area contributed by atoms with Crippen LogP contribution in [-0.2, 0) is 4.79 Å².